The number of fused-ring (bicyclic) bond motifs is 4. The number of aliphatic hydroxyl groups excluding tert-OH is 8. The molecule has 0 unspecified atom stereocenters. The molecule has 0 saturated carbocycles. The molecule has 372 valence electrons. The molecule has 71 heavy (non-hydrogen) atoms. The van der Waals surface area contributed by atoms with Crippen molar-refractivity contribution in [1.82, 2.24) is 0 Å². The molecule has 0 saturated heterocycles. The van der Waals surface area contributed by atoms with E-state index in [0.717, 1.165) is 110 Å². The van der Waals surface area contributed by atoms with E-state index < -0.39 is 0 Å². The summed E-state index contributed by atoms with van der Waals surface area (Å²) in [4.78, 5) is 0. The van der Waals surface area contributed by atoms with Gasteiger partial charge < -0.3 is 50.3 Å². The number of rotatable bonds is 11. The molecule has 9 rings (SSSR count). The van der Waals surface area contributed by atoms with Crippen LogP contribution in [0.3, 0.4) is 0 Å². The lowest BCUT2D eigenvalue weighted by Crippen LogP contribution is -2.05. The largest absolute Gasteiger partial charge is 0.497 e. The molecule has 0 bridgehead atoms. The van der Waals surface area contributed by atoms with Gasteiger partial charge in [0.15, 0.2) is 0 Å². The van der Waals surface area contributed by atoms with Crippen LogP contribution in [0.5, 0.6) is 5.75 Å². The van der Waals surface area contributed by atoms with Gasteiger partial charge in [-0.05, 0) is 180 Å². The Bertz CT molecular complexity index is 3000. The fourth-order valence-corrected chi connectivity index (χ4v) is 8.62. The van der Waals surface area contributed by atoms with E-state index >= 15 is 0 Å². The van der Waals surface area contributed by atoms with E-state index in [1.807, 2.05) is 143 Å². The maximum atomic E-state index is 9.45. The normalized spacial score (nSPS) is 10.7. The summed E-state index contributed by atoms with van der Waals surface area (Å²) in [5.41, 5.74) is 12.8. The average Bonchev–Trinajstić information content (AvgIpc) is 3.42. The highest BCUT2D eigenvalue weighted by Gasteiger charge is 2.13. The molecule has 0 fully saturated rings. The first-order chi connectivity index (χ1) is 34.4. The third-order valence-corrected chi connectivity index (χ3v) is 12.8. The van der Waals surface area contributed by atoms with Crippen molar-refractivity contribution in [1.29, 1.82) is 0 Å². The zero-order valence-electron chi connectivity index (χ0n) is 41.6. The number of ether oxygens (including phenoxy) is 2. The molecule has 9 aromatic carbocycles. The van der Waals surface area contributed by atoms with Gasteiger partial charge in [0.25, 0.3) is 0 Å². The van der Waals surface area contributed by atoms with Gasteiger partial charge in [-0.1, -0.05) is 109 Å². The summed E-state index contributed by atoms with van der Waals surface area (Å²) in [6, 6.07) is 47.1. The molecule has 0 spiro atoms. The summed E-state index contributed by atoms with van der Waals surface area (Å²) >= 11 is 0. The summed E-state index contributed by atoms with van der Waals surface area (Å²) in [5, 5.41) is 82.1. The van der Waals surface area contributed by atoms with Crippen molar-refractivity contribution in [3.8, 4) is 5.75 Å². The van der Waals surface area contributed by atoms with E-state index in [4.69, 9.17) is 29.9 Å². The van der Waals surface area contributed by atoms with Crippen molar-refractivity contribution in [3.63, 3.8) is 0 Å². The first kappa shape index (κ1) is 55.4. The predicted molar refractivity (Wildman–Crippen MR) is 286 cm³/mol. The number of hydrogen-bond donors (Lipinski definition) is 8. The van der Waals surface area contributed by atoms with Crippen LogP contribution < -0.4 is 4.74 Å². The lowest BCUT2D eigenvalue weighted by molar-refractivity contribution is 0.185. The topological polar surface area (TPSA) is 180 Å². The number of aliphatic hydroxyl groups is 8. The third-order valence-electron chi connectivity index (χ3n) is 12.8. The van der Waals surface area contributed by atoms with Gasteiger partial charge in [0.05, 0.1) is 66.6 Å². The van der Waals surface area contributed by atoms with Crippen LogP contribution in [0.4, 0.5) is 0 Å². The van der Waals surface area contributed by atoms with E-state index in [9.17, 15) is 20.4 Å². The zero-order chi connectivity index (χ0) is 51.5. The maximum absolute atomic E-state index is 9.45. The van der Waals surface area contributed by atoms with Gasteiger partial charge in [0.1, 0.15) is 5.75 Å². The van der Waals surface area contributed by atoms with Gasteiger partial charge in [0, 0.05) is 7.11 Å². The van der Waals surface area contributed by atoms with Gasteiger partial charge in [-0.2, -0.15) is 0 Å². The lowest BCUT2D eigenvalue weighted by atomic mass is 9.89. The van der Waals surface area contributed by atoms with Crippen molar-refractivity contribution < 1.29 is 50.3 Å². The van der Waals surface area contributed by atoms with E-state index in [1.54, 1.807) is 14.2 Å². The van der Waals surface area contributed by atoms with Crippen molar-refractivity contribution in [2.45, 2.75) is 87.2 Å². The Morgan fingerprint density at radius 3 is 1.18 bits per heavy atom. The summed E-state index contributed by atoms with van der Waals surface area (Å²) in [7, 11) is 3.30. The van der Waals surface area contributed by atoms with Crippen LogP contribution in [0.2, 0.25) is 0 Å². The Morgan fingerprint density at radius 1 is 0.324 bits per heavy atom. The highest BCUT2D eigenvalue weighted by atomic mass is 16.5. The molecule has 0 amide bonds. The van der Waals surface area contributed by atoms with E-state index in [1.165, 1.54) is 10.8 Å². The molecule has 0 aliphatic heterocycles. The monoisotopic (exact) mass is 960 g/mol. The molecule has 10 heteroatoms. The number of benzene rings is 9. The van der Waals surface area contributed by atoms with Crippen LogP contribution in [-0.2, 0) is 64.2 Å². The van der Waals surface area contributed by atoms with E-state index in [-0.39, 0.29) is 52.9 Å². The van der Waals surface area contributed by atoms with Gasteiger partial charge in [-0.25, -0.2) is 0 Å². The van der Waals surface area contributed by atoms with Gasteiger partial charge >= 0.3 is 0 Å². The van der Waals surface area contributed by atoms with Crippen LogP contribution in [0, 0.1) is 27.7 Å². The van der Waals surface area contributed by atoms with Crippen LogP contribution in [-0.4, -0.2) is 55.1 Å². The summed E-state index contributed by atoms with van der Waals surface area (Å²) in [5.74, 6) is 0.817. The first-order valence-electron chi connectivity index (χ1n) is 23.4. The Kier molecular flexibility index (Phi) is 21.6. The number of methoxy groups -OCH3 is 2. The Hall–Kier alpha value is -6.54. The summed E-state index contributed by atoms with van der Waals surface area (Å²) in [6.45, 7) is 8.91. The van der Waals surface area contributed by atoms with E-state index in [0.29, 0.717) is 6.61 Å². The van der Waals surface area contributed by atoms with Crippen molar-refractivity contribution in [2.75, 3.05) is 14.2 Å². The van der Waals surface area contributed by atoms with Gasteiger partial charge in [-0.3, -0.25) is 0 Å². The van der Waals surface area contributed by atoms with Gasteiger partial charge in [-0.15, -0.1) is 0 Å². The summed E-state index contributed by atoms with van der Waals surface area (Å²) < 4.78 is 10.1. The van der Waals surface area contributed by atoms with Crippen molar-refractivity contribution in [3.05, 3.63) is 218 Å². The molecule has 0 heterocycles. The fraction of sp³-hybridized carbons (Fsp3) is 0.246. The molecule has 8 N–H and O–H groups in total. The van der Waals surface area contributed by atoms with Crippen molar-refractivity contribution in [2.24, 2.45) is 0 Å². The molecular weight excluding hydrogens is 893 g/mol. The molecule has 10 nitrogen and oxygen atoms in total. The predicted octanol–water partition coefficient (Wildman–Crippen LogP) is 10.4. The van der Waals surface area contributed by atoms with Crippen LogP contribution in [0.1, 0.15) is 72.3 Å². The highest BCUT2D eigenvalue weighted by molar-refractivity contribution is 6.00. The fourth-order valence-electron chi connectivity index (χ4n) is 8.62. The second kappa shape index (κ2) is 27.7. The molecule has 0 radical (unpaired) electrons. The highest BCUT2D eigenvalue weighted by Crippen LogP contribution is 2.29. The maximum Gasteiger partial charge on any atom is 0.118 e. The first-order valence-corrected chi connectivity index (χ1v) is 23.4. The van der Waals surface area contributed by atoms with E-state index in [2.05, 4.69) is 30.3 Å². The standard InChI is InChI=1S/C16H14O2.C13H14O2.C12H12O2.C12H18O2.C8H10O2/c17-9-11-5-14-7-12-3-1-2-4-13(12)8-16(14)15(6-11)10-18;1-15-9-12-7-10(8-14)6-11-4-2-3-5-13(11)12;13-7-9-5-6-10(8-14)12-4-2-1-3-11(9)12;1-7-8(2)12(6-14)10(4)9(3)11(7)5-13;1-10-8-4-2-7(6-9)3-5-8/h1-8,17-18H,9-10H2;2-7,14H,8-9H2,1H3;1-6,13-14H,7-8H2;13-14H,5-6H2,1-4H3;2-5,9H,6H2,1H3. The Labute approximate surface area is 416 Å². The summed E-state index contributed by atoms with van der Waals surface area (Å²) in [6.07, 6.45) is 0. The Balaban J connectivity index is 0.000000167. The second-order valence-electron chi connectivity index (χ2n) is 17.1. The second-order valence-corrected chi connectivity index (χ2v) is 17.1. The Morgan fingerprint density at radius 2 is 0.746 bits per heavy atom. The molecule has 0 aliphatic rings. The van der Waals surface area contributed by atoms with Gasteiger partial charge in [0.2, 0.25) is 0 Å². The quantitative estimate of drug-likeness (QED) is 0.0582. The van der Waals surface area contributed by atoms with Crippen LogP contribution >= 0.6 is 0 Å². The minimum Gasteiger partial charge on any atom is -0.497 e. The molecule has 0 atom stereocenters. The van der Waals surface area contributed by atoms with Crippen LogP contribution in [0.25, 0.3) is 43.1 Å². The molecule has 0 aromatic heterocycles. The van der Waals surface area contributed by atoms with Crippen LogP contribution in [0.15, 0.2) is 146 Å². The zero-order valence-corrected chi connectivity index (χ0v) is 41.6. The molecule has 9 aromatic rings. The minimum atomic E-state index is -0.0112. The SMILES string of the molecule is COCc1cc(CO)cc2ccccc12.COc1ccc(CO)cc1.Cc1c(C)c(CO)c(C)c(C)c1CO.OCc1cc(CO)c2cc3ccccc3cc2c1.OCc1ccc(CO)c2ccccc12. The lowest BCUT2D eigenvalue weighted by Gasteiger charge is -2.18. The minimum absolute atomic E-state index is 0.00420. The molecule has 0 aliphatic carbocycles. The average molecular weight is 961 g/mol. The smallest absolute Gasteiger partial charge is 0.118 e. The third kappa shape index (κ3) is 14.1. The molecular formula is C61H68O10. The van der Waals surface area contributed by atoms with Crippen molar-refractivity contribution >= 4 is 43.1 Å². The number of hydrogen-bond acceptors (Lipinski definition) is 10.